The monoisotopic (exact) mass is 392 g/mol. The van der Waals surface area contributed by atoms with Crippen LogP contribution in [-0.4, -0.2) is 9.55 Å². The Hall–Kier alpha value is -2.37. The minimum absolute atomic E-state index is 0.00513. The number of hydrogen-bond acceptors (Lipinski definition) is 4. The van der Waals surface area contributed by atoms with Crippen LogP contribution in [0.4, 0.5) is 0 Å². The molecule has 0 unspecified atom stereocenters. The van der Waals surface area contributed by atoms with Crippen LogP contribution in [0.25, 0.3) is 15.9 Å². The third-order valence-corrected chi connectivity index (χ3v) is 6.69. The van der Waals surface area contributed by atoms with Crippen LogP contribution in [0.5, 0.6) is 0 Å². The fourth-order valence-electron chi connectivity index (χ4n) is 3.00. The van der Waals surface area contributed by atoms with Crippen LogP contribution in [0.3, 0.4) is 0 Å². The SMILES string of the molecule is Cc1ccc(-n2c(SCc3ccccc3C)nc3ccsc3c2=O)cc1C. The predicted molar refractivity (Wildman–Crippen MR) is 115 cm³/mol. The maximum atomic E-state index is 13.2. The summed E-state index contributed by atoms with van der Waals surface area (Å²) >= 11 is 3.06. The second-order valence-electron chi connectivity index (χ2n) is 6.65. The highest BCUT2D eigenvalue weighted by atomic mass is 32.2. The van der Waals surface area contributed by atoms with Gasteiger partial charge in [0.15, 0.2) is 5.16 Å². The van der Waals surface area contributed by atoms with Gasteiger partial charge < -0.3 is 0 Å². The van der Waals surface area contributed by atoms with Crippen LogP contribution >= 0.6 is 23.1 Å². The largest absolute Gasteiger partial charge is 0.276 e. The Morgan fingerprint density at radius 3 is 2.59 bits per heavy atom. The molecule has 0 fully saturated rings. The number of aryl methyl sites for hydroxylation is 3. The Morgan fingerprint density at radius 2 is 1.81 bits per heavy atom. The Labute approximate surface area is 166 Å². The first-order valence-corrected chi connectivity index (χ1v) is 10.7. The Morgan fingerprint density at radius 1 is 1.00 bits per heavy atom. The van der Waals surface area contributed by atoms with E-state index in [-0.39, 0.29) is 5.56 Å². The standard InChI is InChI=1S/C22H20N2OS2/c1-14-8-9-18(12-16(14)3)24-21(25)20-19(10-11-26-20)23-22(24)27-13-17-7-5-4-6-15(17)2/h4-12H,13H2,1-3H3. The molecule has 0 atom stereocenters. The summed E-state index contributed by atoms with van der Waals surface area (Å²) in [7, 11) is 0. The summed E-state index contributed by atoms with van der Waals surface area (Å²) in [6.45, 7) is 6.26. The van der Waals surface area contributed by atoms with Crippen molar-refractivity contribution in [3.63, 3.8) is 0 Å². The minimum atomic E-state index is 0.00513. The number of nitrogens with zero attached hydrogens (tertiary/aromatic N) is 2. The third kappa shape index (κ3) is 3.45. The van der Waals surface area contributed by atoms with Crippen molar-refractivity contribution in [2.75, 3.05) is 0 Å². The molecule has 3 nitrogen and oxygen atoms in total. The van der Waals surface area contributed by atoms with Gasteiger partial charge in [-0.15, -0.1) is 11.3 Å². The number of fused-ring (bicyclic) bond motifs is 1. The van der Waals surface area contributed by atoms with Crippen molar-refractivity contribution < 1.29 is 0 Å². The van der Waals surface area contributed by atoms with Gasteiger partial charge in [-0.25, -0.2) is 4.98 Å². The molecule has 0 N–H and O–H groups in total. The molecule has 0 amide bonds. The molecule has 2 aromatic carbocycles. The first kappa shape index (κ1) is 18.0. The quantitative estimate of drug-likeness (QED) is 0.332. The zero-order valence-electron chi connectivity index (χ0n) is 15.5. The molecule has 27 heavy (non-hydrogen) atoms. The fraction of sp³-hybridized carbons (Fsp3) is 0.182. The lowest BCUT2D eigenvalue weighted by Gasteiger charge is -2.14. The molecule has 2 aromatic heterocycles. The van der Waals surface area contributed by atoms with E-state index >= 15 is 0 Å². The van der Waals surface area contributed by atoms with Crippen LogP contribution in [0.2, 0.25) is 0 Å². The summed E-state index contributed by atoms with van der Waals surface area (Å²) < 4.78 is 2.46. The lowest BCUT2D eigenvalue weighted by Crippen LogP contribution is -2.21. The second-order valence-corrected chi connectivity index (χ2v) is 8.51. The number of benzene rings is 2. The fourth-order valence-corrected chi connectivity index (χ4v) is 4.84. The molecule has 0 spiro atoms. The van der Waals surface area contributed by atoms with Gasteiger partial charge in [0.25, 0.3) is 5.56 Å². The average Bonchev–Trinajstić information content (AvgIpc) is 3.13. The molecular formula is C22H20N2OS2. The van der Waals surface area contributed by atoms with E-state index in [4.69, 9.17) is 4.98 Å². The van der Waals surface area contributed by atoms with Crippen LogP contribution in [0.15, 0.2) is 63.9 Å². The van der Waals surface area contributed by atoms with E-state index in [2.05, 4.69) is 51.1 Å². The molecule has 0 aliphatic heterocycles. The number of aromatic nitrogens is 2. The van der Waals surface area contributed by atoms with Gasteiger partial charge in [-0.2, -0.15) is 0 Å². The molecule has 0 radical (unpaired) electrons. The third-order valence-electron chi connectivity index (χ3n) is 4.82. The summed E-state index contributed by atoms with van der Waals surface area (Å²) in [6.07, 6.45) is 0. The number of thioether (sulfide) groups is 1. The number of rotatable bonds is 4. The molecular weight excluding hydrogens is 372 g/mol. The van der Waals surface area contributed by atoms with E-state index in [9.17, 15) is 4.79 Å². The van der Waals surface area contributed by atoms with Crippen molar-refractivity contribution in [2.45, 2.75) is 31.7 Å². The van der Waals surface area contributed by atoms with Gasteiger partial charge in [-0.05, 0) is 66.6 Å². The number of hydrogen-bond donors (Lipinski definition) is 0. The molecule has 4 rings (SSSR count). The van der Waals surface area contributed by atoms with Crippen LogP contribution < -0.4 is 5.56 Å². The molecule has 0 aliphatic carbocycles. The highest BCUT2D eigenvalue weighted by Crippen LogP contribution is 2.27. The normalized spacial score (nSPS) is 11.2. The van der Waals surface area contributed by atoms with Crippen molar-refractivity contribution in [2.24, 2.45) is 0 Å². The maximum Gasteiger partial charge on any atom is 0.276 e. The van der Waals surface area contributed by atoms with Crippen molar-refractivity contribution in [3.05, 3.63) is 86.5 Å². The highest BCUT2D eigenvalue weighted by Gasteiger charge is 2.15. The molecule has 0 saturated heterocycles. The molecule has 0 bridgehead atoms. The van der Waals surface area contributed by atoms with Crippen molar-refractivity contribution >= 4 is 33.3 Å². The number of thiophene rings is 1. The minimum Gasteiger partial charge on any atom is -0.267 e. The Balaban J connectivity index is 1.84. The second kappa shape index (κ2) is 7.33. The highest BCUT2D eigenvalue weighted by molar-refractivity contribution is 7.98. The summed E-state index contributed by atoms with van der Waals surface area (Å²) in [5, 5.41) is 2.66. The average molecular weight is 393 g/mol. The summed E-state index contributed by atoms with van der Waals surface area (Å²) in [6, 6.07) is 16.4. The first-order valence-electron chi connectivity index (χ1n) is 8.80. The molecule has 136 valence electrons. The molecule has 5 heteroatoms. The van der Waals surface area contributed by atoms with E-state index < -0.39 is 0 Å². The van der Waals surface area contributed by atoms with Gasteiger partial charge >= 0.3 is 0 Å². The van der Waals surface area contributed by atoms with E-state index in [0.29, 0.717) is 4.70 Å². The predicted octanol–water partition coefficient (Wildman–Crippen LogP) is 5.66. The van der Waals surface area contributed by atoms with E-state index in [1.165, 1.54) is 33.6 Å². The Kier molecular flexibility index (Phi) is 4.89. The van der Waals surface area contributed by atoms with Gasteiger partial charge in [0.2, 0.25) is 0 Å². The Bertz CT molecular complexity index is 1190. The van der Waals surface area contributed by atoms with Gasteiger partial charge in [0.05, 0.1) is 11.2 Å². The summed E-state index contributed by atoms with van der Waals surface area (Å²) in [5.74, 6) is 0.777. The van der Waals surface area contributed by atoms with Crippen molar-refractivity contribution in [3.8, 4) is 5.69 Å². The van der Waals surface area contributed by atoms with Crippen LogP contribution in [-0.2, 0) is 5.75 Å². The summed E-state index contributed by atoms with van der Waals surface area (Å²) in [5.41, 5.74) is 6.54. The van der Waals surface area contributed by atoms with Crippen molar-refractivity contribution in [1.82, 2.24) is 9.55 Å². The zero-order chi connectivity index (χ0) is 19.0. The van der Waals surface area contributed by atoms with Crippen molar-refractivity contribution in [1.29, 1.82) is 0 Å². The lowest BCUT2D eigenvalue weighted by molar-refractivity contribution is 0.820. The van der Waals surface area contributed by atoms with Gasteiger partial charge in [-0.1, -0.05) is 42.1 Å². The van der Waals surface area contributed by atoms with E-state index in [1.807, 2.05) is 23.6 Å². The zero-order valence-corrected chi connectivity index (χ0v) is 17.2. The van der Waals surface area contributed by atoms with E-state index in [1.54, 1.807) is 16.3 Å². The van der Waals surface area contributed by atoms with Crippen LogP contribution in [0, 0.1) is 20.8 Å². The van der Waals surface area contributed by atoms with Gasteiger partial charge in [0.1, 0.15) is 4.70 Å². The van der Waals surface area contributed by atoms with Crippen LogP contribution in [0.1, 0.15) is 22.3 Å². The molecule has 2 heterocycles. The lowest BCUT2D eigenvalue weighted by atomic mass is 10.1. The topological polar surface area (TPSA) is 34.9 Å². The summed E-state index contributed by atoms with van der Waals surface area (Å²) in [4.78, 5) is 18.0. The molecule has 0 aliphatic rings. The molecule has 0 saturated carbocycles. The van der Waals surface area contributed by atoms with Gasteiger partial charge in [0, 0.05) is 5.75 Å². The van der Waals surface area contributed by atoms with Gasteiger partial charge in [-0.3, -0.25) is 9.36 Å². The first-order chi connectivity index (χ1) is 13.0. The smallest absolute Gasteiger partial charge is 0.267 e. The maximum absolute atomic E-state index is 13.2. The molecule has 4 aromatic rings. The van der Waals surface area contributed by atoms with E-state index in [0.717, 1.165) is 22.1 Å².